The summed E-state index contributed by atoms with van der Waals surface area (Å²) in [7, 11) is 0. The van der Waals surface area contributed by atoms with Gasteiger partial charge >= 0.3 is 6.03 Å². The van der Waals surface area contributed by atoms with Crippen LogP contribution in [0.4, 0.5) is 14.9 Å². The number of amides is 4. The molecule has 0 saturated carbocycles. The third-order valence-corrected chi connectivity index (χ3v) is 4.43. The summed E-state index contributed by atoms with van der Waals surface area (Å²) in [5, 5.41) is 2.11. The number of barbiturate groups is 1. The van der Waals surface area contributed by atoms with Crippen molar-refractivity contribution in [3.8, 4) is 5.75 Å². The number of ether oxygens (including phenoxy) is 1. The minimum Gasteiger partial charge on any atom is -0.488 e. The Morgan fingerprint density at radius 3 is 2.50 bits per heavy atom. The van der Waals surface area contributed by atoms with E-state index < -0.39 is 23.7 Å². The normalized spacial score (nSPS) is 15.6. The number of hydrogen-bond donors (Lipinski definition) is 1. The van der Waals surface area contributed by atoms with Crippen molar-refractivity contribution in [3.63, 3.8) is 0 Å². The van der Waals surface area contributed by atoms with Crippen molar-refractivity contribution < 1.29 is 23.5 Å². The molecular formula is C20H14BrFN2O4. The van der Waals surface area contributed by atoms with E-state index in [-0.39, 0.29) is 11.3 Å². The van der Waals surface area contributed by atoms with Crippen LogP contribution < -0.4 is 15.0 Å². The molecule has 0 aliphatic carbocycles. The van der Waals surface area contributed by atoms with Crippen LogP contribution in [0.1, 0.15) is 5.56 Å². The average molecular weight is 445 g/mol. The van der Waals surface area contributed by atoms with E-state index in [0.29, 0.717) is 22.4 Å². The van der Waals surface area contributed by atoms with E-state index in [4.69, 9.17) is 4.74 Å². The van der Waals surface area contributed by atoms with E-state index >= 15 is 0 Å². The fourth-order valence-corrected chi connectivity index (χ4v) is 3.03. The molecule has 28 heavy (non-hydrogen) atoms. The molecule has 3 rings (SSSR count). The monoisotopic (exact) mass is 444 g/mol. The molecule has 1 fully saturated rings. The molecule has 0 radical (unpaired) electrons. The lowest BCUT2D eigenvalue weighted by atomic mass is 10.1. The summed E-state index contributed by atoms with van der Waals surface area (Å²) < 4.78 is 19.2. The van der Waals surface area contributed by atoms with Gasteiger partial charge in [0.05, 0.1) is 10.2 Å². The molecule has 0 aromatic heterocycles. The second-order valence-electron chi connectivity index (χ2n) is 5.72. The van der Waals surface area contributed by atoms with Crippen LogP contribution in [0.25, 0.3) is 6.08 Å². The lowest BCUT2D eigenvalue weighted by Crippen LogP contribution is -2.54. The molecule has 1 N–H and O–H groups in total. The first kappa shape index (κ1) is 19.5. The molecule has 4 amide bonds. The van der Waals surface area contributed by atoms with E-state index in [1.165, 1.54) is 18.2 Å². The molecule has 1 aliphatic rings. The zero-order chi connectivity index (χ0) is 20.3. The van der Waals surface area contributed by atoms with Crippen LogP contribution in [-0.2, 0) is 9.59 Å². The predicted octanol–water partition coefficient (Wildman–Crippen LogP) is 3.82. The number of nitrogens with zero attached hydrogens (tertiary/aromatic N) is 1. The van der Waals surface area contributed by atoms with Crippen LogP contribution in [-0.4, -0.2) is 24.5 Å². The minimum atomic E-state index is -0.895. The SMILES string of the molecule is C=CCOc1ccc(/C=C2\C(=O)NC(=O)N(c3ccc(F)cc3)C2=O)cc1Br. The summed E-state index contributed by atoms with van der Waals surface area (Å²) >= 11 is 3.36. The minimum absolute atomic E-state index is 0.150. The molecule has 1 aliphatic heterocycles. The van der Waals surface area contributed by atoms with Crippen molar-refractivity contribution in [2.75, 3.05) is 11.5 Å². The number of carbonyl (C=O) groups excluding carboxylic acids is 3. The smallest absolute Gasteiger partial charge is 0.335 e. The van der Waals surface area contributed by atoms with Gasteiger partial charge < -0.3 is 4.74 Å². The molecule has 1 heterocycles. The number of hydrogen-bond acceptors (Lipinski definition) is 4. The van der Waals surface area contributed by atoms with Crippen LogP contribution in [0.3, 0.4) is 0 Å². The standard InChI is InChI=1S/C20H14BrFN2O4/c1-2-9-28-17-8-3-12(11-16(17)21)10-15-18(25)23-20(27)24(19(15)26)14-6-4-13(22)5-7-14/h2-8,10-11H,1,9H2,(H,23,25,27)/b15-10+. The number of nitrogens with one attached hydrogen (secondary N) is 1. The first-order chi connectivity index (χ1) is 13.4. The van der Waals surface area contributed by atoms with Crippen molar-refractivity contribution in [2.24, 2.45) is 0 Å². The Labute approximate surface area is 168 Å². The molecule has 0 spiro atoms. The Hall–Kier alpha value is -3.26. The van der Waals surface area contributed by atoms with E-state index in [1.807, 2.05) is 0 Å². The summed E-state index contributed by atoms with van der Waals surface area (Å²) in [4.78, 5) is 37.9. The lowest BCUT2D eigenvalue weighted by molar-refractivity contribution is -0.122. The quantitative estimate of drug-likeness (QED) is 0.432. The molecule has 1 saturated heterocycles. The van der Waals surface area contributed by atoms with Crippen molar-refractivity contribution in [1.29, 1.82) is 0 Å². The summed E-state index contributed by atoms with van der Waals surface area (Å²) in [6.07, 6.45) is 2.97. The van der Waals surface area contributed by atoms with Gasteiger partial charge in [0, 0.05) is 0 Å². The van der Waals surface area contributed by atoms with Gasteiger partial charge in [-0.3, -0.25) is 14.9 Å². The van der Waals surface area contributed by atoms with Crippen LogP contribution in [0.15, 0.2) is 65.2 Å². The maximum absolute atomic E-state index is 13.1. The Kier molecular flexibility index (Phi) is 5.70. The Morgan fingerprint density at radius 2 is 1.86 bits per heavy atom. The van der Waals surface area contributed by atoms with E-state index in [2.05, 4.69) is 27.8 Å². The van der Waals surface area contributed by atoms with Crippen molar-refractivity contribution in [3.05, 3.63) is 76.5 Å². The molecule has 6 nitrogen and oxygen atoms in total. The largest absolute Gasteiger partial charge is 0.488 e. The van der Waals surface area contributed by atoms with Crippen LogP contribution in [0.5, 0.6) is 5.75 Å². The molecule has 8 heteroatoms. The molecule has 0 unspecified atom stereocenters. The molecule has 2 aromatic rings. The average Bonchev–Trinajstić information content (AvgIpc) is 2.66. The Morgan fingerprint density at radius 1 is 1.14 bits per heavy atom. The maximum Gasteiger partial charge on any atom is 0.335 e. The number of anilines is 1. The lowest BCUT2D eigenvalue weighted by Gasteiger charge is -2.26. The first-order valence-corrected chi connectivity index (χ1v) is 8.90. The number of rotatable bonds is 5. The van der Waals surface area contributed by atoms with Gasteiger partial charge in [0.25, 0.3) is 11.8 Å². The number of imide groups is 2. The number of benzene rings is 2. The fraction of sp³-hybridized carbons (Fsp3) is 0.0500. The van der Waals surface area contributed by atoms with Crippen LogP contribution >= 0.6 is 15.9 Å². The molecule has 0 bridgehead atoms. The zero-order valence-electron chi connectivity index (χ0n) is 14.4. The Bertz CT molecular complexity index is 1000. The molecule has 142 valence electrons. The van der Waals surface area contributed by atoms with Crippen LogP contribution in [0.2, 0.25) is 0 Å². The van der Waals surface area contributed by atoms with E-state index in [0.717, 1.165) is 17.0 Å². The molecule has 2 aromatic carbocycles. The summed E-state index contributed by atoms with van der Waals surface area (Å²) in [5.41, 5.74) is 0.469. The number of urea groups is 1. The van der Waals surface area contributed by atoms with Gasteiger partial charge in [0.15, 0.2) is 0 Å². The third-order valence-electron chi connectivity index (χ3n) is 3.81. The fourth-order valence-electron chi connectivity index (χ4n) is 2.52. The summed E-state index contributed by atoms with van der Waals surface area (Å²) in [5.74, 6) is -1.55. The van der Waals surface area contributed by atoms with Crippen molar-refractivity contribution in [1.82, 2.24) is 5.32 Å². The van der Waals surface area contributed by atoms with Crippen molar-refractivity contribution in [2.45, 2.75) is 0 Å². The van der Waals surface area contributed by atoms with Crippen molar-refractivity contribution >= 4 is 45.5 Å². The van der Waals surface area contributed by atoms with Gasteiger partial charge in [-0.1, -0.05) is 18.7 Å². The first-order valence-electron chi connectivity index (χ1n) is 8.11. The maximum atomic E-state index is 13.1. The summed E-state index contributed by atoms with van der Waals surface area (Å²) in [6, 6.07) is 8.91. The van der Waals surface area contributed by atoms with Gasteiger partial charge in [-0.2, -0.15) is 0 Å². The highest BCUT2D eigenvalue weighted by Crippen LogP contribution is 2.28. The van der Waals surface area contributed by atoms with E-state index in [1.54, 1.807) is 24.3 Å². The van der Waals surface area contributed by atoms with E-state index in [9.17, 15) is 18.8 Å². The summed E-state index contributed by atoms with van der Waals surface area (Å²) in [6.45, 7) is 3.90. The van der Waals surface area contributed by atoms with Gasteiger partial charge in [-0.15, -0.1) is 0 Å². The zero-order valence-corrected chi connectivity index (χ0v) is 16.0. The third kappa shape index (κ3) is 4.01. The highest BCUT2D eigenvalue weighted by atomic mass is 79.9. The van der Waals surface area contributed by atoms with Gasteiger partial charge in [-0.25, -0.2) is 14.1 Å². The highest BCUT2D eigenvalue weighted by Gasteiger charge is 2.36. The van der Waals surface area contributed by atoms with Crippen LogP contribution in [0, 0.1) is 5.82 Å². The molecular weight excluding hydrogens is 431 g/mol. The highest BCUT2D eigenvalue weighted by molar-refractivity contribution is 9.10. The van der Waals surface area contributed by atoms with Gasteiger partial charge in [0.1, 0.15) is 23.7 Å². The number of halogens is 2. The second kappa shape index (κ2) is 8.18. The second-order valence-corrected chi connectivity index (χ2v) is 6.58. The number of carbonyl (C=O) groups is 3. The Balaban J connectivity index is 1.93. The predicted molar refractivity (Wildman–Crippen MR) is 105 cm³/mol. The van der Waals surface area contributed by atoms with Gasteiger partial charge in [-0.05, 0) is 64.0 Å². The molecule has 0 atom stereocenters. The van der Waals surface area contributed by atoms with Gasteiger partial charge in [0.2, 0.25) is 0 Å². The topological polar surface area (TPSA) is 75.7 Å².